The van der Waals surface area contributed by atoms with Crippen molar-refractivity contribution in [1.29, 1.82) is 0 Å². The fourth-order valence-corrected chi connectivity index (χ4v) is 14.2. The number of unbranched alkanes of at least 4 members (excludes halogenated alkanes) is 2. The van der Waals surface area contributed by atoms with Gasteiger partial charge in [-0.15, -0.1) is 0 Å². The summed E-state index contributed by atoms with van der Waals surface area (Å²) in [5, 5.41) is 8.91. The Balaban J connectivity index is 1.50. The molecule has 2 N–H and O–H groups in total. The fraction of sp³-hybridized carbons (Fsp3) is 0.517. The van der Waals surface area contributed by atoms with E-state index in [0.717, 1.165) is 12.1 Å². The number of nitrogens with zero attached hydrogens (tertiary/aromatic N) is 2. The molecule has 4 aromatic carbocycles. The lowest BCUT2D eigenvalue weighted by molar-refractivity contribution is -0.437. The number of carboxylic acid groups (broad SMARTS) is 1. The maximum Gasteiger partial charge on any atom is 0.303 e. The highest BCUT2D eigenvalue weighted by Crippen LogP contribution is 2.54. The van der Waals surface area contributed by atoms with Crippen LogP contribution in [0.5, 0.6) is 0 Å². The van der Waals surface area contributed by atoms with E-state index in [9.17, 15) is 74.8 Å². The van der Waals surface area contributed by atoms with Gasteiger partial charge in [0.15, 0.2) is 5.71 Å². The quantitative estimate of drug-likeness (QED) is 0.0260. The maximum absolute atomic E-state index is 12.9. The smallest absolute Gasteiger partial charge is 0.303 e. The second kappa shape index (κ2) is 32.6. The van der Waals surface area contributed by atoms with E-state index in [2.05, 4.69) is 0 Å². The van der Waals surface area contributed by atoms with E-state index in [1.807, 2.05) is 4.90 Å². The summed E-state index contributed by atoms with van der Waals surface area (Å²) >= 11 is 0. The normalized spacial score (nSPS) is 18.0. The molecule has 0 saturated heterocycles. The van der Waals surface area contributed by atoms with Crippen LogP contribution in [-0.2, 0) is 104 Å². The number of methoxy groups -OCH3 is 2. The highest BCUT2D eigenvalue weighted by atomic mass is 32.2. The molecule has 0 aromatic heterocycles. The summed E-state index contributed by atoms with van der Waals surface area (Å²) < 4.78 is 233. The second-order valence-corrected chi connectivity index (χ2v) is 28.4. The number of benzene rings is 4. The van der Waals surface area contributed by atoms with Crippen molar-refractivity contribution in [3.63, 3.8) is 0 Å². The Morgan fingerprint density at radius 2 is 1.01 bits per heavy atom. The molecule has 0 bridgehead atoms. The molecule has 0 saturated carbocycles. The van der Waals surface area contributed by atoms with Crippen LogP contribution in [0.25, 0.3) is 21.5 Å². The summed E-state index contributed by atoms with van der Waals surface area (Å²) in [7, 11) is -23.1. The van der Waals surface area contributed by atoms with E-state index >= 15 is 0 Å². The zero-order valence-corrected chi connectivity index (χ0v) is 54.3. The van der Waals surface area contributed by atoms with Crippen molar-refractivity contribution >= 4 is 95.2 Å². The van der Waals surface area contributed by atoms with Gasteiger partial charge in [-0.25, -0.2) is 33.7 Å². The van der Waals surface area contributed by atoms with Crippen LogP contribution in [0.2, 0.25) is 0 Å². The monoisotopic (exact) mass is 1360 g/mol. The number of anilines is 1. The van der Waals surface area contributed by atoms with E-state index in [1.165, 1.54) is 25.3 Å². The van der Waals surface area contributed by atoms with Gasteiger partial charge in [0.2, 0.25) is 5.69 Å². The van der Waals surface area contributed by atoms with Crippen LogP contribution >= 0.6 is 0 Å². The van der Waals surface area contributed by atoms with E-state index in [0.29, 0.717) is 92.8 Å². The molecule has 0 spiro atoms. The van der Waals surface area contributed by atoms with Gasteiger partial charge in [0, 0.05) is 86.7 Å². The number of carbonyl (C=O) groups is 1. The van der Waals surface area contributed by atoms with E-state index in [1.54, 1.807) is 62.0 Å². The van der Waals surface area contributed by atoms with Gasteiger partial charge in [-0.2, -0.15) is 13.0 Å². The standard InChI is InChI=1S/C58H78N2O25S5/c1-57(19-23-80-29-31-84-35-33-82-27-25-78-3)52(59(21-10-6-9-14-54(61)62)48-17-15-44-46(55(48)57)38-42(87(66,67)68)40-50(44)89(72,73)74)12-7-5-8-13-53-58(2,20-24-81-30-32-85-36-34-83-28-26-79-4)56-47-39-43(88(69,70)71)41-51(90(75,76)77)45(47)16-18-49(56)60(53)22-11-37-86(63,64)65/h5,7-8,12-13,15-18,38-41H,6,9-11,14,19-37H2,1-4H3,(H5-,61,62,63,64,65,66,67,68,69,70,71,72,73,74,75,76,77)/p-3. The van der Waals surface area contributed by atoms with Crippen molar-refractivity contribution in [2.24, 2.45) is 0 Å². The van der Waals surface area contributed by atoms with Gasteiger partial charge in [0.1, 0.15) is 47.0 Å². The Bertz CT molecular complexity index is 3910. The van der Waals surface area contributed by atoms with Crippen LogP contribution in [0, 0.1) is 0 Å². The SMILES string of the molecule is COCCOCCOCCOCCC1(C)C(/C=C/C=C/C=C2/N(CCCCCC(=O)O)c3ccc4c(S(=O)(=O)[O-])cc(S(=O)(=O)[O-])cc4c3C2(C)CCOCCOCCOCCOC)=[N+](CCCS(=O)(=O)O)c2ccc3c(S(=O)(=O)[O-])cc(S(=O)(=O)[O-])cc3c21. The molecular weight excluding hydrogens is 1280 g/mol. The Kier molecular flexibility index (Phi) is 26.7. The third-order valence-electron chi connectivity index (χ3n) is 15.2. The molecule has 4 aromatic rings. The molecule has 2 aliphatic rings. The molecule has 2 aliphatic heterocycles. The average molecular weight is 1360 g/mol. The largest absolute Gasteiger partial charge is 0.744 e. The predicted molar refractivity (Wildman–Crippen MR) is 323 cm³/mol. The highest BCUT2D eigenvalue weighted by molar-refractivity contribution is 7.87. The molecule has 6 rings (SSSR count). The minimum atomic E-state index is -5.44. The lowest BCUT2D eigenvalue weighted by Gasteiger charge is -2.31. The van der Waals surface area contributed by atoms with E-state index < -0.39 is 92.7 Å². The van der Waals surface area contributed by atoms with Gasteiger partial charge >= 0.3 is 5.97 Å². The van der Waals surface area contributed by atoms with Gasteiger partial charge in [0.25, 0.3) is 10.1 Å². The van der Waals surface area contributed by atoms with Crippen molar-refractivity contribution in [2.75, 3.05) is 130 Å². The number of ether oxygens (including phenoxy) is 8. The number of rotatable bonds is 41. The summed E-state index contributed by atoms with van der Waals surface area (Å²) in [5.41, 5.74) is -0.355. The number of carboxylic acids is 1. The molecular formula is C58H75N2O25S5-3. The first-order valence-corrected chi connectivity index (χ1v) is 35.8. The lowest BCUT2D eigenvalue weighted by atomic mass is 9.75. The van der Waals surface area contributed by atoms with E-state index in [4.69, 9.17) is 37.9 Å². The van der Waals surface area contributed by atoms with Crippen LogP contribution in [-0.4, -0.2) is 212 Å². The van der Waals surface area contributed by atoms with Crippen LogP contribution in [0.3, 0.4) is 0 Å². The molecule has 2 atom stereocenters. The van der Waals surface area contributed by atoms with Crippen molar-refractivity contribution < 1.29 is 117 Å². The Hall–Kier alpha value is -5.21. The van der Waals surface area contributed by atoms with Crippen LogP contribution < -0.4 is 4.90 Å². The third-order valence-corrected chi connectivity index (χ3v) is 19.4. The minimum absolute atomic E-state index is 0.0186. The maximum atomic E-state index is 12.9. The predicted octanol–water partition coefficient (Wildman–Crippen LogP) is 4.84. The molecule has 500 valence electrons. The first kappa shape index (κ1) is 73.8. The molecule has 0 fully saturated rings. The van der Waals surface area contributed by atoms with E-state index in [-0.39, 0.29) is 125 Å². The molecule has 90 heavy (non-hydrogen) atoms. The van der Waals surface area contributed by atoms with Gasteiger partial charge < -0.3 is 66.1 Å². The number of allylic oxidation sites excluding steroid dienone is 6. The average Bonchev–Trinajstić information content (AvgIpc) is 1.52. The summed E-state index contributed by atoms with van der Waals surface area (Å²) in [5.74, 6) is -1.70. The molecule has 2 unspecified atom stereocenters. The summed E-state index contributed by atoms with van der Waals surface area (Å²) in [6.45, 7) is 6.70. The number of fused-ring (bicyclic) bond motifs is 6. The molecule has 0 radical (unpaired) electrons. The van der Waals surface area contributed by atoms with Gasteiger partial charge in [0.05, 0.1) is 110 Å². The lowest BCUT2D eigenvalue weighted by Crippen LogP contribution is -2.33. The Morgan fingerprint density at radius 1 is 0.544 bits per heavy atom. The van der Waals surface area contributed by atoms with Crippen molar-refractivity contribution in [1.82, 2.24) is 0 Å². The minimum Gasteiger partial charge on any atom is -0.744 e. The van der Waals surface area contributed by atoms with Crippen molar-refractivity contribution in [2.45, 2.75) is 89.2 Å². The Morgan fingerprint density at radius 3 is 1.48 bits per heavy atom. The van der Waals surface area contributed by atoms with Crippen molar-refractivity contribution in [3.8, 4) is 0 Å². The molecule has 32 heteroatoms. The zero-order chi connectivity index (χ0) is 66.1. The first-order valence-electron chi connectivity index (χ1n) is 28.5. The van der Waals surface area contributed by atoms with Gasteiger partial charge in [-0.05, 0) is 104 Å². The van der Waals surface area contributed by atoms with Gasteiger partial charge in [-0.3, -0.25) is 9.35 Å². The molecule has 0 aliphatic carbocycles. The van der Waals surface area contributed by atoms with Crippen LogP contribution in [0.4, 0.5) is 11.4 Å². The number of hydrogen-bond donors (Lipinski definition) is 2. The topological polar surface area (TPSA) is 401 Å². The van der Waals surface area contributed by atoms with Crippen LogP contribution in [0.1, 0.15) is 69.9 Å². The fourth-order valence-electron chi connectivity index (χ4n) is 11.1. The third kappa shape index (κ3) is 19.7. The first-order chi connectivity index (χ1) is 42.4. The molecule has 2 heterocycles. The highest BCUT2D eigenvalue weighted by Gasteiger charge is 2.49. The summed E-state index contributed by atoms with van der Waals surface area (Å²) in [6, 6.07) is 8.67. The second-order valence-electron chi connectivity index (χ2n) is 21.4. The van der Waals surface area contributed by atoms with Crippen molar-refractivity contribution in [3.05, 3.63) is 95.7 Å². The zero-order valence-electron chi connectivity index (χ0n) is 50.2. The summed E-state index contributed by atoms with van der Waals surface area (Å²) in [6.07, 6.45) is 9.24. The van der Waals surface area contributed by atoms with Gasteiger partial charge in [-0.1, -0.05) is 30.7 Å². The van der Waals surface area contributed by atoms with Crippen LogP contribution in [0.15, 0.2) is 104 Å². The molecule has 27 nitrogen and oxygen atoms in total. The Labute approximate surface area is 525 Å². The number of hydrogen-bond acceptors (Lipinski definition) is 24. The summed E-state index contributed by atoms with van der Waals surface area (Å²) in [4.78, 5) is 9.49. The number of aliphatic carboxylic acids is 1. The molecule has 0 amide bonds.